The number of ether oxygens (including phenoxy) is 1. The molecule has 0 N–H and O–H groups in total. The van der Waals surface area contributed by atoms with E-state index in [0.29, 0.717) is 6.42 Å². The number of hydrogen-bond acceptors (Lipinski definition) is 3. The fourth-order valence-corrected chi connectivity index (χ4v) is 1.07. The van der Waals surface area contributed by atoms with Crippen LogP contribution >= 0.6 is 0 Å². The van der Waals surface area contributed by atoms with Crippen molar-refractivity contribution in [1.29, 1.82) is 5.26 Å². The lowest BCUT2D eigenvalue weighted by molar-refractivity contribution is 0.412. The van der Waals surface area contributed by atoms with Gasteiger partial charge in [0.2, 0.25) is 0 Å². The number of nitrogens with zero attached hydrogens (tertiary/aromatic N) is 2. The van der Waals surface area contributed by atoms with Crippen molar-refractivity contribution in [3.8, 4) is 11.8 Å². The molecular weight excluding hydrogens is 164 g/mol. The van der Waals surface area contributed by atoms with E-state index in [9.17, 15) is 0 Å². The lowest BCUT2D eigenvalue weighted by Gasteiger charge is -2.07. The van der Waals surface area contributed by atoms with Gasteiger partial charge in [0.15, 0.2) is 0 Å². The Hall–Kier alpha value is -1.56. The number of nitriles is 1. The van der Waals surface area contributed by atoms with Crippen LogP contribution < -0.4 is 4.74 Å². The smallest absolute Gasteiger partial charge is 0.137 e. The molecule has 0 aliphatic rings. The van der Waals surface area contributed by atoms with Gasteiger partial charge in [-0.3, -0.25) is 4.98 Å². The molecule has 0 aliphatic heterocycles. The van der Waals surface area contributed by atoms with Crippen molar-refractivity contribution in [3.05, 3.63) is 24.0 Å². The molecule has 0 saturated heterocycles. The molecule has 3 heteroatoms. The van der Waals surface area contributed by atoms with Crippen molar-refractivity contribution in [2.75, 3.05) is 7.11 Å². The largest absolute Gasteiger partial charge is 0.495 e. The van der Waals surface area contributed by atoms with Gasteiger partial charge in [0.1, 0.15) is 5.75 Å². The van der Waals surface area contributed by atoms with E-state index in [4.69, 9.17) is 10.00 Å². The average Bonchev–Trinajstić information content (AvgIpc) is 2.18. The Morgan fingerprint density at radius 2 is 2.38 bits per heavy atom. The Bertz CT molecular complexity index is 317. The normalized spacial score (nSPS) is 11.8. The molecule has 0 spiro atoms. The summed E-state index contributed by atoms with van der Waals surface area (Å²) in [6, 6.07) is 4.05. The van der Waals surface area contributed by atoms with Crippen LogP contribution in [-0.4, -0.2) is 12.1 Å². The highest BCUT2D eigenvalue weighted by atomic mass is 16.5. The first kappa shape index (κ1) is 9.53. The lowest BCUT2D eigenvalue weighted by atomic mass is 10.0. The van der Waals surface area contributed by atoms with Crippen LogP contribution in [0.3, 0.4) is 0 Å². The summed E-state index contributed by atoms with van der Waals surface area (Å²) >= 11 is 0. The molecule has 1 aromatic rings. The van der Waals surface area contributed by atoms with Crippen LogP contribution in [0, 0.1) is 11.3 Å². The molecule has 1 rings (SSSR count). The molecule has 0 saturated carbocycles. The summed E-state index contributed by atoms with van der Waals surface area (Å²) in [5, 5.41) is 8.52. The van der Waals surface area contributed by atoms with Gasteiger partial charge >= 0.3 is 0 Å². The predicted molar refractivity (Wildman–Crippen MR) is 49.4 cm³/mol. The lowest BCUT2D eigenvalue weighted by Crippen LogP contribution is -1.94. The molecule has 1 aromatic heterocycles. The van der Waals surface area contributed by atoms with Gasteiger partial charge in [-0.05, 0) is 17.5 Å². The first-order valence-corrected chi connectivity index (χ1v) is 4.13. The van der Waals surface area contributed by atoms with E-state index in [2.05, 4.69) is 11.1 Å². The van der Waals surface area contributed by atoms with Crippen molar-refractivity contribution in [1.82, 2.24) is 4.98 Å². The fourth-order valence-electron chi connectivity index (χ4n) is 1.07. The van der Waals surface area contributed by atoms with Gasteiger partial charge in [-0.25, -0.2) is 0 Å². The van der Waals surface area contributed by atoms with Crippen LogP contribution in [0.15, 0.2) is 18.5 Å². The van der Waals surface area contributed by atoms with E-state index in [0.717, 1.165) is 11.3 Å². The summed E-state index contributed by atoms with van der Waals surface area (Å²) < 4.78 is 5.04. The highest BCUT2D eigenvalue weighted by Gasteiger charge is 2.05. The highest BCUT2D eigenvalue weighted by molar-refractivity contribution is 5.26. The van der Waals surface area contributed by atoms with Crippen molar-refractivity contribution < 1.29 is 4.74 Å². The van der Waals surface area contributed by atoms with E-state index >= 15 is 0 Å². The number of pyridine rings is 1. The fraction of sp³-hybridized carbons (Fsp3) is 0.400. The zero-order chi connectivity index (χ0) is 9.68. The van der Waals surface area contributed by atoms with E-state index in [-0.39, 0.29) is 5.92 Å². The number of hydrogen-bond donors (Lipinski definition) is 0. The third kappa shape index (κ3) is 2.45. The second kappa shape index (κ2) is 4.46. The van der Waals surface area contributed by atoms with Crippen LogP contribution in [0.5, 0.6) is 5.75 Å². The van der Waals surface area contributed by atoms with Gasteiger partial charge in [-0.15, -0.1) is 0 Å². The van der Waals surface area contributed by atoms with Gasteiger partial charge in [0.25, 0.3) is 0 Å². The van der Waals surface area contributed by atoms with Crippen LogP contribution in [-0.2, 0) is 0 Å². The van der Waals surface area contributed by atoms with E-state index in [1.54, 1.807) is 19.5 Å². The summed E-state index contributed by atoms with van der Waals surface area (Å²) in [6.45, 7) is 2.00. The van der Waals surface area contributed by atoms with Crippen LogP contribution in [0.4, 0.5) is 0 Å². The van der Waals surface area contributed by atoms with Crippen molar-refractivity contribution >= 4 is 0 Å². The quantitative estimate of drug-likeness (QED) is 0.708. The molecule has 0 unspecified atom stereocenters. The molecule has 68 valence electrons. The number of rotatable bonds is 3. The molecule has 1 atom stereocenters. The second-order valence-corrected chi connectivity index (χ2v) is 2.92. The third-order valence-corrected chi connectivity index (χ3v) is 1.94. The Kier molecular flexibility index (Phi) is 3.27. The Morgan fingerprint density at radius 1 is 1.62 bits per heavy atom. The van der Waals surface area contributed by atoms with E-state index in [1.165, 1.54) is 0 Å². The Balaban J connectivity index is 2.83. The third-order valence-electron chi connectivity index (χ3n) is 1.94. The van der Waals surface area contributed by atoms with E-state index in [1.807, 2.05) is 13.0 Å². The maximum Gasteiger partial charge on any atom is 0.137 e. The molecule has 1 heterocycles. The molecule has 0 amide bonds. The minimum Gasteiger partial charge on any atom is -0.495 e. The molecule has 3 nitrogen and oxygen atoms in total. The van der Waals surface area contributed by atoms with Crippen LogP contribution in [0.1, 0.15) is 24.8 Å². The first-order chi connectivity index (χ1) is 6.27. The van der Waals surface area contributed by atoms with Gasteiger partial charge in [0, 0.05) is 12.6 Å². The Labute approximate surface area is 78.0 Å². The van der Waals surface area contributed by atoms with Crippen molar-refractivity contribution in [2.24, 2.45) is 0 Å². The van der Waals surface area contributed by atoms with Gasteiger partial charge in [-0.1, -0.05) is 6.92 Å². The van der Waals surface area contributed by atoms with Crippen LogP contribution in [0.25, 0.3) is 0 Å². The summed E-state index contributed by atoms with van der Waals surface area (Å²) in [5.41, 5.74) is 1.04. The second-order valence-electron chi connectivity index (χ2n) is 2.92. The van der Waals surface area contributed by atoms with Gasteiger partial charge < -0.3 is 4.74 Å². The van der Waals surface area contributed by atoms with Gasteiger partial charge in [-0.2, -0.15) is 5.26 Å². The SMILES string of the molecule is COc1cncc([C@H](C)CC#N)c1. The maximum absolute atomic E-state index is 8.52. The first-order valence-electron chi connectivity index (χ1n) is 4.13. The van der Waals surface area contributed by atoms with E-state index < -0.39 is 0 Å². The van der Waals surface area contributed by atoms with Crippen LogP contribution in [0.2, 0.25) is 0 Å². The predicted octanol–water partition coefficient (Wildman–Crippen LogP) is 2.11. The summed E-state index contributed by atoms with van der Waals surface area (Å²) in [6.07, 6.45) is 3.93. The minimum absolute atomic E-state index is 0.215. The topological polar surface area (TPSA) is 45.9 Å². The molecule has 13 heavy (non-hydrogen) atoms. The number of methoxy groups -OCH3 is 1. The summed E-state index contributed by atoms with van der Waals surface area (Å²) in [7, 11) is 1.61. The van der Waals surface area contributed by atoms with Gasteiger partial charge in [0.05, 0.1) is 19.4 Å². The van der Waals surface area contributed by atoms with Crippen molar-refractivity contribution in [2.45, 2.75) is 19.3 Å². The molecule has 0 bridgehead atoms. The standard InChI is InChI=1S/C10H12N2O/c1-8(3-4-11)9-5-10(13-2)7-12-6-9/h5-8H,3H2,1-2H3/t8-/m1/s1. The zero-order valence-corrected chi connectivity index (χ0v) is 7.82. The minimum atomic E-state index is 0.215. The monoisotopic (exact) mass is 176 g/mol. The summed E-state index contributed by atoms with van der Waals surface area (Å²) in [5.74, 6) is 0.954. The molecular formula is C10H12N2O. The number of aromatic nitrogens is 1. The molecule has 0 radical (unpaired) electrons. The molecule has 0 aromatic carbocycles. The Morgan fingerprint density at radius 3 is 3.00 bits per heavy atom. The molecule has 0 fully saturated rings. The maximum atomic E-state index is 8.52. The summed E-state index contributed by atoms with van der Waals surface area (Å²) in [4.78, 5) is 4.02. The molecule has 0 aliphatic carbocycles. The zero-order valence-electron chi connectivity index (χ0n) is 7.82. The average molecular weight is 176 g/mol. The van der Waals surface area contributed by atoms with Crippen molar-refractivity contribution in [3.63, 3.8) is 0 Å². The highest BCUT2D eigenvalue weighted by Crippen LogP contribution is 2.20.